The molecule has 2 aromatic carbocycles. The third-order valence-electron chi connectivity index (χ3n) is 4.31. The molecule has 1 saturated heterocycles. The summed E-state index contributed by atoms with van der Waals surface area (Å²) < 4.78 is 5.14. The van der Waals surface area contributed by atoms with Crippen LogP contribution < -0.4 is 4.74 Å². The first-order valence-electron chi connectivity index (χ1n) is 7.74. The monoisotopic (exact) mass is 295 g/mol. The van der Waals surface area contributed by atoms with Gasteiger partial charge in [0, 0.05) is 11.6 Å². The molecule has 0 amide bonds. The van der Waals surface area contributed by atoms with Crippen LogP contribution in [0.2, 0.25) is 0 Å². The number of ether oxygens (including phenoxy) is 1. The number of Topliss-reactive ketones (excluding diaryl/α,β-unsaturated/α-hetero) is 1. The number of hydrogen-bond acceptors (Lipinski definition) is 3. The molecule has 22 heavy (non-hydrogen) atoms. The van der Waals surface area contributed by atoms with Crippen LogP contribution in [0.25, 0.3) is 0 Å². The second-order valence-electron chi connectivity index (χ2n) is 5.69. The molecule has 0 bridgehead atoms. The third-order valence-corrected chi connectivity index (χ3v) is 4.31. The van der Waals surface area contributed by atoms with Gasteiger partial charge in [-0.3, -0.25) is 9.69 Å². The van der Waals surface area contributed by atoms with E-state index in [9.17, 15) is 4.79 Å². The van der Waals surface area contributed by atoms with E-state index in [0.717, 1.165) is 30.7 Å². The molecule has 2 aromatic rings. The molecule has 3 heteroatoms. The zero-order chi connectivity index (χ0) is 15.4. The van der Waals surface area contributed by atoms with E-state index in [4.69, 9.17) is 4.74 Å². The summed E-state index contributed by atoms with van der Waals surface area (Å²) in [6.07, 6.45) is 2.27. The SMILES string of the molecule is COc1ccc(C(=O)CN2CCCC2c2ccccc2)cc1. The molecule has 1 heterocycles. The molecular weight excluding hydrogens is 274 g/mol. The van der Waals surface area contributed by atoms with Gasteiger partial charge >= 0.3 is 0 Å². The van der Waals surface area contributed by atoms with Crippen molar-refractivity contribution in [1.29, 1.82) is 0 Å². The number of likely N-dealkylation sites (tertiary alicyclic amines) is 1. The van der Waals surface area contributed by atoms with Crippen LogP contribution in [0.1, 0.15) is 34.8 Å². The molecule has 0 saturated carbocycles. The lowest BCUT2D eigenvalue weighted by atomic mass is 10.0. The molecule has 3 nitrogen and oxygen atoms in total. The molecule has 3 rings (SSSR count). The van der Waals surface area contributed by atoms with Crippen LogP contribution in [0.4, 0.5) is 0 Å². The molecule has 1 atom stereocenters. The van der Waals surface area contributed by atoms with Crippen LogP contribution in [0.15, 0.2) is 54.6 Å². The van der Waals surface area contributed by atoms with Crippen molar-refractivity contribution in [1.82, 2.24) is 4.90 Å². The van der Waals surface area contributed by atoms with E-state index in [0.29, 0.717) is 12.6 Å². The summed E-state index contributed by atoms with van der Waals surface area (Å²) in [7, 11) is 1.63. The Hall–Kier alpha value is -2.13. The first-order chi connectivity index (χ1) is 10.8. The summed E-state index contributed by atoms with van der Waals surface area (Å²) >= 11 is 0. The number of methoxy groups -OCH3 is 1. The van der Waals surface area contributed by atoms with Gasteiger partial charge in [-0.1, -0.05) is 30.3 Å². The van der Waals surface area contributed by atoms with E-state index >= 15 is 0 Å². The van der Waals surface area contributed by atoms with Crippen LogP contribution in [-0.2, 0) is 0 Å². The molecule has 1 fully saturated rings. The van der Waals surface area contributed by atoms with Crippen molar-refractivity contribution in [2.24, 2.45) is 0 Å². The summed E-state index contributed by atoms with van der Waals surface area (Å²) in [5.41, 5.74) is 2.06. The van der Waals surface area contributed by atoms with E-state index in [-0.39, 0.29) is 5.78 Å². The predicted octanol–water partition coefficient (Wildman–Crippen LogP) is 3.72. The number of nitrogens with zero attached hydrogens (tertiary/aromatic N) is 1. The average molecular weight is 295 g/mol. The summed E-state index contributed by atoms with van der Waals surface area (Å²) in [5, 5.41) is 0. The zero-order valence-electron chi connectivity index (χ0n) is 12.9. The zero-order valence-corrected chi connectivity index (χ0v) is 12.9. The Morgan fingerprint density at radius 1 is 1.14 bits per heavy atom. The molecule has 1 aliphatic rings. The van der Waals surface area contributed by atoms with Crippen molar-refractivity contribution in [2.75, 3.05) is 20.2 Å². The van der Waals surface area contributed by atoms with Crippen molar-refractivity contribution in [2.45, 2.75) is 18.9 Å². The maximum atomic E-state index is 12.5. The van der Waals surface area contributed by atoms with Crippen LogP contribution in [-0.4, -0.2) is 30.9 Å². The van der Waals surface area contributed by atoms with E-state index in [1.165, 1.54) is 5.56 Å². The van der Waals surface area contributed by atoms with Crippen LogP contribution in [0.5, 0.6) is 5.75 Å². The Morgan fingerprint density at radius 2 is 1.86 bits per heavy atom. The minimum atomic E-state index is 0.172. The third kappa shape index (κ3) is 3.20. The largest absolute Gasteiger partial charge is 0.497 e. The van der Waals surface area contributed by atoms with Crippen molar-refractivity contribution >= 4 is 5.78 Å². The minimum Gasteiger partial charge on any atom is -0.497 e. The van der Waals surface area contributed by atoms with E-state index in [1.807, 2.05) is 30.3 Å². The molecule has 1 aliphatic heterocycles. The van der Waals surface area contributed by atoms with Crippen LogP contribution in [0, 0.1) is 0 Å². The normalized spacial score (nSPS) is 18.3. The Bertz CT molecular complexity index is 622. The van der Waals surface area contributed by atoms with Crippen molar-refractivity contribution < 1.29 is 9.53 Å². The first-order valence-corrected chi connectivity index (χ1v) is 7.74. The topological polar surface area (TPSA) is 29.5 Å². The van der Waals surface area contributed by atoms with Crippen molar-refractivity contribution in [3.8, 4) is 5.75 Å². The molecule has 0 N–H and O–H groups in total. The lowest BCUT2D eigenvalue weighted by molar-refractivity contribution is 0.0921. The molecule has 114 valence electrons. The molecule has 0 aliphatic carbocycles. The maximum Gasteiger partial charge on any atom is 0.176 e. The maximum absolute atomic E-state index is 12.5. The second kappa shape index (κ2) is 6.75. The summed E-state index contributed by atoms with van der Waals surface area (Å²) in [6, 6.07) is 18.2. The Morgan fingerprint density at radius 3 is 2.55 bits per heavy atom. The number of carbonyl (C=O) groups is 1. The average Bonchev–Trinajstić information content (AvgIpc) is 3.04. The lowest BCUT2D eigenvalue weighted by Gasteiger charge is -2.24. The van der Waals surface area contributed by atoms with Gasteiger partial charge in [-0.2, -0.15) is 0 Å². The highest BCUT2D eigenvalue weighted by molar-refractivity contribution is 5.97. The summed E-state index contributed by atoms with van der Waals surface area (Å²) in [5.74, 6) is 0.949. The number of benzene rings is 2. The quantitative estimate of drug-likeness (QED) is 0.787. The smallest absolute Gasteiger partial charge is 0.176 e. The van der Waals surface area contributed by atoms with Crippen molar-refractivity contribution in [3.05, 3.63) is 65.7 Å². The fraction of sp³-hybridized carbons (Fsp3) is 0.316. The standard InChI is InChI=1S/C19H21NO2/c1-22-17-11-9-16(10-12-17)19(21)14-20-13-5-8-18(20)15-6-3-2-4-7-15/h2-4,6-7,9-12,18H,5,8,13-14H2,1H3. The van der Waals surface area contributed by atoms with Gasteiger partial charge in [0.2, 0.25) is 0 Å². The number of hydrogen-bond donors (Lipinski definition) is 0. The summed E-state index contributed by atoms with van der Waals surface area (Å²) in [4.78, 5) is 14.8. The Labute approximate surface area is 131 Å². The molecule has 0 radical (unpaired) electrons. The van der Waals surface area contributed by atoms with Gasteiger partial charge in [-0.25, -0.2) is 0 Å². The molecule has 0 aromatic heterocycles. The molecule has 0 spiro atoms. The van der Waals surface area contributed by atoms with E-state index in [1.54, 1.807) is 7.11 Å². The van der Waals surface area contributed by atoms with Gasteiger partial charge in [0.1, 0.15) is 5.75 Å². The Balaban J connectivity index is 1.70. The van der Waals surface area contributed by atoms with Gasteiger partial charge in [0.15, 0.2) is 5.78 Å². The van der Waals surface area contributed by atoms with Crippen LogP contribution >= 0.6 is 0 Å². The van der Waals surface area contributed by atoms with Gasteiger partial charge in [-0.05, 0) is 49.2 Å². The highest BCUT2D eigenvalue weighted by Crippen LogP contribution is 2.31. The Kier molecular flexibility index (Phi) is 4.54. The van der Waals surface area contributed by atoms with Gasteiger partial charge in [0.05, 0.1) is 13.7 Å². The second-order valence-corrected chi connectivity index (χ2v) is 5.69. The van der Waals surface area contributed by atoms with Gasteiger partial charge in [-0.15, -0.1) is 0 Å². The number of carbonyl (C=O) groups excluding carboxylic acids is 1. The number of ketones is 1. The van der Waals surface area contributed by atoms with E-state index < -0.39 is 0 Å². The van der Waals surface area contributed by atoms with Gasteiger partial charge < -0.3 is 4.74 Å². The van der Waals surface area contributed by atoms with Gasteiger partial charge in [0.25, 0.3) is 0 Å². The lowest BCUT2D eigenvalue weighted by Crippen LogP contribution is -2.29. The predicted molar refractivity (Wildman–Crippen MR) is 87.3 cm³/mol. The minimum absolute atomic E-state index is 0.172. The highest BCUT2D eigenvalue weighted by Gasteiger charge is 2.27. The fourth-order valence-corrected chi connectivity index (χ4v) is 3.12. The summed E-state index contributed by atoms with van der Waals surface area (Å²) in [6.45, 7) is 1.47. The van der Waals surface area contributed by atoms with Crippen molar-refractivity contribution in [3.63, 3.8) is 0 Å². The highest BCUT2D eigenvalue weighted by atomic mass is 16.5. The van der Waals surface area contributed by atoms with Crippen LogP contribution in [0.3, 0.4) is 0 Å². The number of rotatable bonds is 5. The van der Waals surface area contributed by atoms with E-state index in [2.05, 4.69) is 29.2 Å². The molecule has 1 unspecified atom stereocenters. The first kappa shape index (κ1) is 14.8. The molecular formula is C19H21NO2. The fourth-order valence-electron chi connectivity index (χ4n) is 3.12.